The highest BCUT2D eigenvalue weighted by molar-refractivity contribution is 5.97. The lowest BCUT2D eigenvalue weighted by Crippen LogP contribution is -2.49. The van der Waals surface area contributed by atoms with Gasteiger partial charge >= 0.3 is 0 Å². The van der Waals surface area contributed by atoms with Gasteiger partial charge in [-0.2, -0.15) is 0 Å². The SMILES string of the molecule is COC12CCC(c3ccc(C(=O)CN)cc3)(CC1)CC2. The Morgan fingerprint density at radius 2 is 1.65 bits per heavy atom. The summed E-state index contributed by atoms with van der Waals surface area (Å²) in [6.07, 6.45) is 7.08. The lowest BCUT2D eigenvalue weighted by Gasteiger charge is -2.53. The Morgan fingerprint density at radius 3 is 2.10 bits per heavy atom. The standard InChI is InChI=1S/C17H23NO2/c1-20-17-9-6-16(7-10-17,8-11-17)14-4-2-13(3-5-14)15(19)12-18/h2-5H,6-12,18H2,1H3. The summed E-state index contributed by atoms with van der Waals surface area (Å²) in [5.74, 6) is 0.0136. The average Bonchev–Trinajstić information content (AvgIpc) is 2.56. The van der Waals surface area contributed by atoms with Crippen LogP contribution in [0.5, 0.6) is 0 Å². The largest absolute Gasteiger partial charge is 0.378 e. The van der Waals surface area contributed by atoms with Crippen molar-refractivity contribution in [1.82, 2.24) is 0 Å². The number of rotatable bonds is 4. The first-order chi connectivity index (χ1) is 9.63. The van der Waals surface area contributed by atoms with Gasteiger partial charge in [0.25, 0.3) is 0 Å². The molecule has 3 heteroatoms. The van der Waals surface area contributed by atoms with Crippen LogP contribution in [0.25, 0.3) is 0 Å². The monoisotopic (exact) mass is 273 g/mol. The summed E-state index contributed by atoms with van der Waals surface area (Å²) in [5.41, 5.74) is 7.98. The molecule has 3 saturated carbocycles. The number of carbonyl (C=O) groups excluding carboxylic acids is 1. The second kappa shape index (κ2) is 4.97. The molecule has 0 radical (unpaired) electrons. The summed E-state index contributed by atoms with van der Waals surface area (Å²) < 4.78 is 5.75. The van der Waals surface area contributed by atoms with E-state index in [-0.39, 0.29) is 17.9 Å². The maximum Gasteiger partial charge on any atom is 0.176 e. The number of fused-ring (bicyclic) bond motifs is 3. The number of hydrogen-bond donors (Lipinski definition) is 1. The fourth-order valence-corrected chi connectivity index (χ4v) is 4.02. The van der Waals surface area contributed by atoms with E-state index in [1.807, 2.05) is 19.2 Å². The summed E-state index contributed by atoms with van der Waals surface area (Å²) in [6, 6.07) is 8.14. The summed E-state index contributed by atoms with van der Waals surface area (Å²) in [5, 5.41) is 0. The fourth-order valence-electron chi connectivity index (χ4n) is 4.02. The summed E-state index contributed by atoms with van der Waals surface area (Å²) in [7, 11) is 1.85. The number of ether oxygens (including phenoxy) is 1. The van der Waals surface area contributed by atoms with Gasteiger partial charge in [0, 0.05) is 12.7 Å². The van der Waals surface area contributed by atoms with Gasteiger partial charge < -0.3 is 10.5 Å². The fraction of sp³-hybridized carbons (Fsp3) is 0.588. The van der Waals surface area contributed by atoms with Crippen molar-refractivity contribution in [2.45, 2.75) is 49.5 Å². The van der Waals surface area contributed by atoms with Gasteiger partial charge in [-0.25, -0.2) is 0 Å². The third kappa shape index (κ3) is 2.09. The van der Waals surface area contributed by atoms with E-state index in [1.165, 1.54) is 24.8 Å². The van der Waals surface area contributed by atoms with Crippen LogP contribution in [-0.4, -0.2) is 25.0 Å². The van der Waals surface area contributed by atoms with Crippen LogP contribution in [0.3, 0.4) is 0 Å². The van der Waals surface area contributed by atoms with Crippen molar-refractivity contribution in [2.24, 2.45) is 5.73 Å². The van der Waals surface area contributed by atoms with Crippen molar-refractivity contribution in [3.8, 4) is 0 Å². The minimum atomic E-state index is 0.0136. The van der Waals surface area contributed by atoms with Crippen LogP contribution in [0.1, 0.15) is 54.4 Å². The number of carbonyl (C=O) groups is 1. The van der Waals surface area contributed by atoms with E-state index in [4.69, 9.17) is 10.5 Å². The smallest absolute Gasteiger partial charge is 0.176 e. The van der Waals surface area contributed by atoms with Crippen LogP contribution in [0.4, 0.5) is 0 Å². The highest BCUT2D eigenvalue weighted by Crippen LogP contribution is 2.54. The van der Waals surface area contributed by atoms with Crippen LogP contribution in [-0.2, 0) is 10.2 Å². The van der Waals surface area contributed by atoms with E-state index >= 15 is 0 Å². The van der Waals surface area contributed by atoms with Gasteiger partial charge in [-0.05, 0) is 49.5 Å². The highest BCUT2D eigenvalue weighted by atomic mass is 16.5. The molecular weight excluding hydrogens is 250 g/mol. The molecule has 0 saturated heterocycles. The first kappa shape index (κ1) is 13.8. The minimum Gasteiger partial charge on any atom is -0.378 e. The van der Waals surface area contributed by atoms with Crippen LogP contribution < -0.4 is 5.73 Å². The Kier molecular flexibility index (Phi) is 3.43. The van der Waals surface area contributed by atoms with Crippen molar-refractivity contribution in [1.29, 1.82) is 0 Å². The van der Waals surface area contributed by atoms with Gasteiger partial charge in [-0.1, -0.05) is 24.3 Å². The van der Waals surface area contributed by atoms with Crippen LogP contribution in [0, 0.1) is 0 Å². The molecule has 0 amide bonds. The van der Waals surface area contributed by atoms with Crippen molar-refractivity contribution >= 4 is 5.78 Å². The molecule has 108 valence electrons. The molecule has 1 aromatic rings. The number of methoxy groups -OCH3 is 1. The Bertz CT molecular complexity index is 482. The van der Waals surface area contributed by atoms with Gasteiger partial charge in [0.1, 0.15) is 0 Å². The molecule has 0 atom stereocenters. The number of nitrogens with two attached hydrogens (primary N) is 1. The maximum atomic E-state index is 11.6. The molecule has 2 bridgehead atoms. The number of benzene rings is 1. The van der Waals surface area contributed by atoms with Gasteiger partial charge in [0.05, 0.1) is 12.1 Å². The molecule has 0 aromatic heterocycles. The zero-order valence-corrected chi connectivity index (χ0v) is 12.2. The zero-order chi connectivity index (χ0) is 14.2. The lowest BCUT2D eigenvalue weighted by atomic mass is 9.56. The van der Waals surface area contributed by atoms with Crippen molar-refractivity contribution in [3.63, 3.8) is 0 Å². The number of hydrogen-bond acceptors (Lipinski definition) is 3. The summed E-state index contributed by atoms with van der Waals surface area (Å²) in [6.45, 7) is 0.0842. The Balaban J connectivity index is 1.82. The van der Waals surface area contributed by atoms with E-state index in [9.17, 15) is 4.79 Å². The van der Waals surface area contributed by atoms with E-state index in [2.05, 4.69) is 12.1 Å². The quantitative estimate of drug-likeness (QED) is 0.858. The Labute approximate surface area is 120 Å². The van der Waals surface area contributed by atoms with Gasteiger partial charge in [0.2, 0.25) is 0 Å². The van der Waals surface area contributed by atoms with Crippen LogP contribution >= 0.6 is 0 Å². The first-order valence-electron chi connectivity index (χ1n) is 7.52. The Morgan fingerprint density at radius 1 is 1.10 bits per heavy atom. The molecule has 3 aliphatic carbocycles. The van der Waals surface area contributed by atoms with E-state index < -0.39 is 0 Å². The molecule has 0 heterocycles. The third-order valence-corrected chi connectivity index (χ3v) is 5.62. The Hall–Kier alpha value is -1.19. The minimum absolute atomic E-state index is 0.0136. The lowest BCUT2D eigenvalue weighted by molar-refractivity contribution is -0.0955. The molecule has 3 aliphatic rings. The average molecular weight is 273 g/mol. The molecule has 3 nitrogen and oxygen atoms in total. The predicted octanol–water partition coefficient (Wildman–Crippen LogP) is 2.82. The molecule has 1 aromatic carbocycles. The van der Waals surface area contributed by atoms with Crippen molar-refractivity contribution in [2.75, 3.05) is 13.7 Å². The molecular formula is C17H23NO2. The van der Waals surface area contributed by atoms with Gasteiger partial charge in [0.15, 0.2) is 5.78 Å². The molecule has 0 aliphatic heterocycles. The normalized spacial score (nSPS) is 32.3. The summed E-state index contributed by atoms with van der Waals surface area (Å²) >= 11 is 0. The second-order valence-electron chi connectivity index (χ2n) is 6.37. The zero-order valence-electron chi connectivity index (χ0n) is 12.2. The molecule has 0 spiro atoms. The van der Waals surface area contributed by atoms with E-state index in [1.54, 1.807) is 0 Å². The molecule has 0 unspecified atom stereocenters. The number of Topliss-reactive ketones (excluding diaryl/α,β-unsaturated/α-hetero) is 1. The maximum absolute atomic E-state index is 11.6. The van der Waals surface area contributed by atoms with E-state index in [0.29, 0.717) is 5.41 Å². The van der Waals surface area contributed by atoms with E-state index in [0.717, 1.165) is 24.8 Å². The topological polar surface area (TPSA) is 52.3 Å². The van der Waals surface area contributed by atoms with Gasteiger partial charge in [-0.15, -0.1) is 0 Å². The molecule has 3 fully saturated rings. The third-order valence-electron chi connectivity index (χ3n) is 5.62. The van der Waals surface area contributed by atoms with Gasteiger partial charge in [-0.3, -0.25) is 4.79 Å². The number of ketones is 1. The molecule has 4 rings (SSSR count). The first-order valence-corrected chi connectivity index (χ1v) is 7.52. The van der Waals surface area contributed by atoms with Crippen LogP contribution in [0.2, 0.25) is 0 Å². The molecule has 20 heavy (non-hydrogen) atoms. The van der Waals surface area contributed by atoms with Crippen LogP contribution in [0.15, 0.2) is 24.3 Å². The second-order valence-corrected chi connectivity index (χ2v) is 6.37. The van der Waals surface area contributed by atoms with Crippen molar-refractivity contribution in [3.05, 3.63) is 35.4 Å². The van der Waals surface area contributed by atoms with Crippen molar-refractivity contribution < 1.29 is 9.53 Å². The molecule has 2 N–H and O–H groups in total. The predicted molar refractivity (Wildman–Crippen MR) is 78.9 cm³/mol. The summed E-state index contributed by atoms with van der Waals surface area (Å²) in [4.78, 5) is 11.6. The highest BCUT2D eigenvalue weighted by Gasteiger charge is 2.49.